The van der Waals surface area contributed by atoms with Crippen LogP contribution in [0, 0.1) is 5.82 Å². The highest BCUT2D eigenvalue weighted by molar-refractivity contribution is 5.94. The van der Waals surface area contributed by atoms with Gasteiger partial charge in [0.25, 0.3) is 0 Å². The summed E-state index contributed by atoms with van der Waals surface area (Å²) in [4.78, 5) is 24.1. The lowest BCUT2D eigenvalue weighted by atomic mass is 10.1. The van der Waals surface area contributed by atoms with Gasteiger partial charge in [0.05, 0.1) is 18.2 Å². The van der Waals surface area contributed by atoms with Crippen molar-refractivity contribution in [2.45, 2.75) is 32.5 Å². The molecule has 4 nitrogen and oxygen atoms in total. The van der Waals surface area contributed by atoms with Crippen molar-refractivity contribution in [1.82, 2.24) is 4.57 Å². The minimum Gasteiger partial charge on any atom is -0.465 e. The number of alkyl halides is 3. The summed E-state index contributed by atoms with van der Waals surface area (Å²) in [5.74, 6) is -2.50. The van der Waals surface area contributed by atoms with Gasteiger partial charge in [-0.05, 0) is 25.5 Å². The molecule has 0 saturated carbocycles. The Morgan fingerprint density at radius 1 is 1.33 bits per heavy atom. The summed E-state index contributed by atoms with van der Waals surface area (Å²) in [6.45, 7) is 3.50. The minimum atomic E-state index is -4.89. The largest absolute Gasteiger partial charge is 0.465 e. The lowest BCUT2D eigenvalue weighted by Crippen LogP contribution is -2.22. The summed E-state index contributed by atoms with van der Waals surface area (Å²) in [5.41, 5.74) is -2.78. The quantitative estimate of drug-likeness (QED) is 0.626. The van der Waals surface area contributed by atoms with E-state index in [1.807, 2.05) is 0 Å². The number of fused-ring (bicyclic) bond motifs is 1. The van der Waals surface area contributed by atoms with Gasteiger partial charge in [0.15, 0.2) is 0 Å². The first-order valence-electron chi connectivity index (χ1n) is 7.15. The lowest BCUT2D eigenvalue weighted by Gasteiger charge is -2.20. The van der Waals surface area contributed by atoms with E-state index in [-0.39, 0.29) is 22.5 Å². The zero-order valence-electron chi connectivity index (χ0n) is 13.2. The summed E-state index contributed by atoms with van der Waals surface area (Å²) < 4.78 is 58.6. The molecule has 1 aromatic carbocycles. The van der Waals surface area contributed by atoms with Crippen LogP contribution in [0.25, 0.3) is 10.9 Å². The second-order valence-corrected chi connectivity index (χ2v) is 5.37. The molecule has 0 saturated heterocycles. The number of halogens is 4. The monoisotopic (exact) mass is 345 g/mol. The summed E-state index contributed by atoms with van der Waals surface area (Å²) in [5, 5.41) is -0.302. The van der Waals surface area contributed by atoms with E-state index in [0.29, 0.717) is 18.6 Å². The number of benzene rings is 1. The highest BCUT2D eigenvalue weighted by Gasteiger charge is 2.35. The van der Waals surface area contributed by atoms with Crippen molar-refractivity contribution in [3.63, 3.8) is 0 Å². The predicted octanol–water partition coefficient (Wildman–Crippen LogP) is 3.92. The Bertz CT molecular complexity index is 855. The van der Waals surface area contributed by atoms with Crippen LogP contribution >= 0.6 is 0 Å². The van der Waals surface area contributed by atoms with E-state index in [2.05, 4.69) is 4.74 Å². The number of carbonyl (C=O) groups is 1. The third-order valence-corrected chi connectivity index (χ3v) is 3.90. The van der Waals surface area contributed by atoms with Crippen LogP contribution in [-0.2, 0) is 10.9 Å². The lowest BCUT2D eigenvalue weighted by molar-refractivity contribution is -0.139. The Labute approximate surface area is 134 Å². The van der Waals surface area contributed by atoms with Gasteiger partial charge in [0.1, 0.15) is 11.4 Å². The zero-order chi connectivity index (χ0) is 18.2. The molecule has 0 aliphatic rings. The molecule has 1 heterocycles. The highest BCUT2D eigenvalue weighted by Crippen LogP contribution is 2.34. The molecule has 0 amide bonds. The van der Waals surface area contributed by atoms with Gasteiger partial charge >= 0.3 is 12.1 Å². The molecule has 0 radical (unpaired) electrons. The molecule has 0 bridgehead atoms. The topological polar surface area (TPSA) is 48.3 Å². The highest BCUT2D eigenvalue weighted by atomic mass is 19.4. The number of rotatable bonds is 3. The predicted molar refractivity (Wildman–Crippen MR) is 79.5 cm³/mol. The van der Waals surface area contributed by atoms with Crippen LogP contribution in [0.15, 0.2) is 23.1 Å². The maximum atomic E-state index is 13.8. The molecule has 0 N–H and O–H groups in total. The number of nitrogens with zero attached hydrogens (tertiary/aromatic N) is 1. The van der Waals surface area contributed by atoms with Crippen LogP contribution in [0.2, 0.25) is 0 Å². The molecule has 2 aromatic rings. The van der Waals surface area contributed by atoms with Crippen LogP contribution < -0.4 is 5.43 Å². The second-order valence-electron chi connectivity index (χ2n) is 5.37. The third kappa shape index (κ3) is 3.00. The van der Waals surface area contributed by atoms with Gasteiger partial charge in [-0.2, -0.15) is 13.2 Å². The summed E-state index contributed by atoms with van der Waals surface area (Å²) in [6.07, 6.45) is -3.21. The summed E-state index contributed by atoms with van der Waals surface area (Å²) in [7, 11) is 1.08. The fraction of sp³-hybridized carbons (Fsp3) is 0.375. The number of aromatic nitrogens is 1. The molecule has 0 unspecified atom stereocenters. The molecule has 2 rings (SSSR count). The molecule has 1 atom stereocenters. The van der Waals surface area contributed by atoms with E-state index in [1.165, 1.54) is 4.57 Å². The number of methoxy groups -OCH3 is 1. The third-order valence-electron chi connectivity index (χ3n) is 3.90. The maximum absolute atomic E-state index is 13.8. The first kappa shape index (κ1) is 18.0. The van der Waals surface area contributed by atoms with Gasteiger partial charge in [-0.15, -0.1) is 0 Å². The van der Waals surface area contributed by atoms with Crippen molar-refractivity contribution in [2.75, 3.05) is 7.11 Å². The number of carbonyl (C=O) groups excluding carboxylic acids is 1. The number of hydrogen-bond donors (Lipinski definition) is 0. The molecular formula is C16H15F4NO3. The number of ether oxygens (including phenoxy) is 1. The molecule has 0 fully saturated rings. The first-order valence-corrected chi connectivity index (χ1v) is 7.15. The molecule has 0 spiro atoms. The van der Waals surface area contributed by atoms with Gasteiger partial charge in [0, 0.05) is 17.6 Å². The van der Waals surface area contributed by atoms with Crippen LogP contribution in [0.4, 0.5) is 17.6 Å². The van der Waals surface area contributed by atoms with E-state index in [9.17, 15) is 27.2 Å². The fourth-order valence-electron chi connectivity index (χ4n) is 2.40. The van der Waals surface area contributed by atoms with Gasteiger partial charge in [0.2, 0.25) is 5.43 Å². The van der Waals surface area contributed by atoms with E-state index in [0.717, 1.165) is 13.3 Å². The normalized spacial score (nSPS) is 13.1. The Hall–Kier alpha value is -2.38. The van der Waals surface area contributed by atoms with Crippen molar-refractivity contribution < 1.29 is 27.1 Å². The molecule has 0 aliphatic heterocycles. The van der Waals surface area contributed by atoms with Crippen LogP contribution in [0.5, 0.6) is 0 Å². The first-order chi connectivity index (χ1) is 11.1. The average Bonchev–Trinajstić information content (AvgIpc) is 2.52. The maximum Gasteiger partial charge on any atom is 0.419 e. The van der Waals surface area contributed by atoms with Gasteiger partial charge in [-0.1, -0.05) is 6.92 Å². The van der Waals surface area contributed by atoms with Crippen molar-refractivity contribution in [3.8, 4) is 0 Å². The van der Waals surface area contributed by atoms with E-state index >= 15 is 0 Å². The molecule has 24 heavy (non-hydrogen) atoms. The number of pyridine rings is 1. The Kier molecular flexibility index (Phi) is 4.68. The minimum absolute atomic E-state index is 0.0873. The zero-order valence-corrected chi connectivity index (χ0v) is 13.2. The smallest absolute Gasteiger partial charge is 0.419 e. The van der Waals surface area contributed by atoms with E-state index in [4.69, 9.17) is 0 Å². The van der Waals surface area contributed by atoms with Crippen LogP contribution in [0.1, 0.15) is 42.2 Å². The summed E-state index contributed by atoms with van der Waals surface area (Å²) >= 11 is 0. The molecule has 1 aromatic heterocycles. The average molecular weight is 345 g/mol. The summed E-state index contributed by atoms with van der Waals surface area (Å²) in [6, 6.07) is 0.800. The van der Waals surface area contributed by atoms with E-state index < -0.39 is 29.0 Å². The Balaban J connectivity index is 2.96. The molecule has 8 heteroatoms. The van der Waals surface area contributed by atoms with E-state index in [1.54, 1.807) is 13.8 Å². The van der Waals surface area contributed by atoms with Crippen LogP contribution in [-0.4, -0.2) is 17.6 Å². The fourth-order valence-corrected chi connectivity index (χ4v) is 2.40. The standard InChI is InChI=1S/C16H15F4NO3/c1-4-8(2)21-7-10(15(23)24-3)14(22)9-5-12(17)11(6-13(9)21)16(18,19)20/h5-8H,4H2,1-3H3/t8-/m1/s1. The number of esters is 1. The van der Waals surface area contributed by atoms with Crippen molar-refractivity contribution in [2.24, 2.45) is 0 Å². The van der Waals surface area contributed by atoms with Gasteiger partial charge in [-0.3, -0.25) is 4.79 Å². The van der Waals surface area contributed by atoms with Gasteiger partial charge in [-0.25, -0.2) is 9.18 Å². The Morgan fingerprint density at radius 2 is 1.96 bits per heavy atom. The Morgan fingerprint density at radius 3 is 2.46 bits per heavy atom. The van der Waals surface area contributed by atoms with Crippen molar-refractivity contribution >= 4 is 16.9 Å². The second kappa shape index (κ2) is 6.26. The van der Waals surface area contributed by atoms with Crippen LogP contribution in [0.3, 0.4) is 0 Å². The van der Waals surface area contributed by atoms with Crippen molar-refractivity contribution in [1.29, 1.82) is 0 Å². The molecule has 130 valence electrons. The van der Waals surface area contributed by atoms with Gasteiger partial charge < -0.3 is 9.30 Å². The molecule has 0 aliphatic carbocycles. The van der Waals surface area contributed by atoms with Crippen molar-refractivity contribution in [3.05, 3.63) is 45.5 Å². The number of hydrogen-bond acceptors (Lipinski definition) is 3. The molecular weight excluding hydrogens is 330 g/mol. The SMILES string of the molecule is CC[C@@H](C)n1cc(C(=O)OC)c(=O)c2cc(F)c(C(F)(F)F)cc21.